The maximum Gasteiger partial charge on any atom is 0.176 e. The third-order valence-electron chi connectivity index (χ3n) is 3.56. The molecule has 0 saturated heterocycles. The average Bonchev–Trinajstić information content (AvgIpc) is 2.47. The highest BCUT2D eigenvalue weighted by Gasteiger charge is 2.16. The zero-order chi connectivity index (χ0) is 15.0. The van der Waals surface area contributed by atoms with Crippen LogP contribution in [0.2, 0.25) is 0 Å². The maximum absolute atomic E-state index is 5.30. The van der Waals surface area contributed by atoms with Gasteiger partial charge in [0.15, 0.2) is 6.29 Å². The van der Waals surface area contributed by atoms with E-state index in [1.54, 1.807) is 14.2 Å². The van der Waals surface area contributed by atoms with Crippen molar-refractivity contribution in [1.29, 1.82) is 0 Å². The van der Waals surface area contributed by atoms with Crippen molar-refractivity contribution in [2.75, 3.05) is 32.6 Å². The predicted molar refractivity (Wildman–Crippen MR) is 84.0 cm³/mol. The molecule has 1 rings (SSSR count). The summed E-state index contributed by atoms with van der Waals surface area (Å²) < 4.78 is 10.6. The maximum atomic E-state index is 5.30. The minimum absolute atomic E-state index is 0.0860. The summed E-state index contributed by atoms with van der Waals surface area (Å²) in [5, 5.41) is 3.49. The van der Waals surface area contributed by atoms with Crippen molar-refractivity contribution >= 4 is 5.69 Å². The van der Waals surface area contributed by atoms with Gasteiger partial charge in [-0.15, -0.1) is 0 Å². The van der Waals surface area contributed by atoms with Gasteiger partial charge in [0, 0.05) is 26.5 Å². The highest BCUT2D eigenvalue weighted by atomic mass is 16.7. The van der Waals surface area contributed by atoms with E-state index in [9.17, 15) is 0 Å². The van der Waals surface area contributed by atoms with Crippen LogP contribution in [0.3, 0.4) is 0 Å². The van der Waals surface area contributed by atoms with E-state index in [0.29, 0.717) is 0 Å². The molecule has 1 aromatic carbocycles. The van der Waals surface area contributed by atoms with E-state index in [2.05, 4.69) is 55.3 Å². The van der Waals surface area contributed by atoms with Gasteiger partial charge in [0.2, 0.25) is 0 Å². The predicted octanol–water partition coefficient (Wildman–Crippen LogP) is 2.95. The molecule has 1 aromatic rings. The van der Waals surface area contributed by atoms with Gasteiger partial charge >= 0.3 is 0 Å². The van der Waals surface area contributed by atoms with Crippen LogP contribution in [0.25, 0.3) is 0 Å². The number of rotatable bonds is 9. The molecule has 1 unspecified atom stereocenters. The van der Waals surface area contributed by atoms with Gasteiger partial charge in [0.1, 0.15) is 0 Å². The van der Waals surface area contributed by atoms with Crippen LogP contribution >= 0.6 is 0 Å². The molecule has 1 N–H and O–H groups in total. The van der Waals surface area contributed by atoms with Crippen molar-refractivity contribution in [2.45, 2.75) is 39.6 Å². The smallest absolute Gasteiger partial charge is 0.176 e. The van der Waals surface area contributed by atoms with Crippen molar-refractivity contribution in [3.63, 3.8) is 0 Å². The van der Waals surface area contributed by atoms with Crippen LogP contribution in [0.15, 0.2) is 24.3 Å². The molecule has 4 heteroatoms. The molecular weight excluding hydrogens is 252 g/mol. The van der Waals surface area contributed by atoms with Gasteiger partial charge in [-0.05, 0) is 31.6 Å². The first-order valence-electron chi connectivity index (χ1n) is 7.28. The Morgan fingerprint density at radius 2 is 1.70 bits per heavy atom. The second-order valence-corrected chi connectivity index (χ2v) is 4.89. The van der Waals surface area contributed by atoms with Crippen molar-refractivity contribution in [2.24, 2.45) is 0 Å². The Bertz CT molecular complexity index is 376. The van der Waals surface area contributed by atoms with Gasteiger partial charge in [-0.25, -0.2) is 0 Å². The molecule has 0 amide bonds. The first kappa shape index (κ1) is 17.0. The van der Waals surface area contributed by atoms with E-state index in [4.69, 9.17) is 9.47 Å². The Morgan fingerprint density at radius 1 is 1.10 bits per heavy atom. The van der Waals surface area contributed by atoms with E-state index >= 15 is 0 Å². The number of para-hydroxylation sites is 1. The van der Waals surface area contributed by atoms with E-state index < -0.39 is 0 Å². The first-order chi connectivity index (χ1) is 9.65. The summed E-state index contributed by atoms with van der Waals surface area (Å²) >= 11 is 0. The van der Waals surface area contributed by atoms with Crippen molar-refractivity contribution < 1.29 is 9.47 Å². The quantitative estimate of drug-likeness (QED) is 0.705. The molecule has 4 nitrogen and oxygen atoms in total. The molecule has 114 valence electrons. The van der Waals surface area contributed by atoms with Crippen LogP contribution in [0.1, 0.15) is 26.3 Å². The van der Waals surface area contributed by atoms with Crippen LogP contribution < -0.4 is 5.32 Å². The Kier molecular flexibility index (Phi) is 7.59. The summed E-state index contributed by atoms with van der Waals surface area (Å²) in [6.07, 6.45) is -0.253. The average molecular weight is 280 g/mol. The van der Waals surface area contributed by atoms with E-state index in [0.717, 1.165) is 25.3 Å². The van der Waals surface area contributed by atoms with Gasteiger partial charge in [-0.1, -0.05) is 32.0 Å². The SMILES string of the molecule is CCN(CC)Cc1ccccc1NC(C)C(OC)OC. The second kappa shape index (κ2) is 8.95. The minimum atomic E-state index is -0.253. The number of nitrogens with one attached hydrogen (secondary N) is 1. The standard InChI is InChI=1S/C16H28N2O2/c1-6-18(7-2)12-14-10-8-9-11-15(14)17-13(3)16(19-4)20-5/h8-11,13,16-17H,6-7,12H2,1-5H3. The van der Waals surface area contributed by atoms with Crippen LogP contribution in [0, 0.1) is 0 Å². The molecule has 0 spiro atoms. The highest BCUT2D eigenvalue weighted by molar-refractivity contribution is 5.51. The molecule has 0 heterocycles. The summed E-state index contributed by atoms with van der Waals surface area (Å²) in [6.45, 7) is 9.50. The van der Waals surface area contributed by atoms with Gasteiger partial charge in [-0.2, -0.15) is 0 Å². The lowest BCUT2D eigenvalue weighted by Crippen LogP contribution is -2.34. The van der Waals surface area contributed by atoms with E-state index in [1.807, 2.05) is 0 Å². The number of nitrogens with zero attached hydrogens (tertiary/aromatic N) is 1. The Labute approximate surface area is 123 Å². The lowest BCUT2D eigenvalue weighted by Gasteiger charge is -2.26. The summed E-state index contributed by atoms with van der Waals surface area (Å²) in [5.74, 6) is 0. The number of hydrogen-bond acceptors (Lipinski definition) is 4. The Morgan fingerprint density at radius 3 is 2.25 bits per heavy atom. The van der Waals surface area contributed by atoms with Crippen molar-refractivity contribution in [1.82, 2.24) is 4.90 Å². The first-order valence-corrected chi connectivity index (χ1v) is 7.28. The van der Waals surface area contributed by atoms with E-state index in [-0.39, 0.29) is 12.3 Å². The fourth-order valence-corrected chi connectivity index (χ4v) is 2.30. The monoisotopic (exact) mass is 280 g/mol. The normalized spacial score (nSPS) is 12.9. The number of ether oxygens (including phenoxy) is 2. The van der Waals surface area contributed by atoms with Crippen LogP contribution in [0.4, 0.5) is 5.69 Å². The van der Waals surface area contributed by atoms with Gasteiger partial charge in [-0.3, -0.25) is 4.90 Å². The zero-order valence-corrected chi connectivity index (χ0v) is 13.3. The third-order valence-corrected chi connectivity index (χ3v) is 3.56. The second-order valence-electron chi connectivity index (χ2n) is 4.89. The lowest BCUT2D eigenvalue weighted by molar-refractivity contribution is -0.109. The summed E-state index contributed by atoms with van der Waals surface area (Å²) in [7, 11) is 3.32. The number of hydrogen-bond donors (Lipinski definition) is 1. The molecule has 0 aromatic heterocycles. The van der Waals surface area contributed by atoms with Gasteiger partial charge in [0.05, 0.1) is 6.04 Å². The Balaban J connectivity index is 2.79. The van der Waals surface area contributed by atoms with Crippen molar-refractivity contribution in [3.8, 4) is 0 Å². The molecule has 0 aliphatic rings. The summed E-state index contributed by atoms with van der Waals surface area (Å²) in [4.78, 5) is 2.40. The zero-order valence-electron chi connectivity index (χ0n) is 13.3. The van der Waals surface area contributed by atoms with Crippen LogP contribution in [-0.2, 0) is 16.0 Å². The van der Waals surface area contributed by atoms with Crippen molar-refractivity contribution in [3.05, 3.63) is 29.8 Å². The summed E-state index contributed by atoms with van der Waals surface area (Å²) in [6, 6.07) is 8.50. The largest absolute Gasteiger partial charge is 0.377 e. The molecule has 1 atom stereocenters. The molecule has 0 bridgehead atoms. The fourth-order valence-electron chi connectivity index (χ4n) is 2.30. The van der Waals surface area contributed by atoms with E-state index in [1.165, 1.54) is 5.56 Å². The lowest BCUT2D eigenvalue weighted by atomic mass is 10.1. The molecule has 0 aliphatic heterocycles. The number of benzene rings is 1. The topological polar surface area (TPSA) is 33.7 Å². The Hall–Kier alpha value is -1.10. The molecular formula is C16H28N2O2. The minimum Gasteiger partial charge on any atom is -0.377 e. The van der Waals surface area contributed by atoms with Crippen LogP contribution in [-0.4, -0.2) is 44.5 Å². The third kappa shape index (κ3) is 4.78. The molecule has 0 radical (unpaired) electrons. The molecule has 0 saturated carbocycles. The van der Waals surface area contributed by atoms with Crippen LogP contribution in [0.5, 0.6) is 0 Å². The number of methoxy groups -OCH3 is 2. The molecule has 0 fully saturated rings. The van der Waals surface area contributed by atoms with Gasteiger partial charge in [0.25, 0.3) is 0 Å². The molecule has 20 heavy (non-hydrogen) atoms. The van der Waals surface area contributed by atoms with Gasteiger partial charge < -0.3 is 14.8 Å². The fraction of sp³-hybridized carbons (Fsp3) is 0.625. The molecule has 0 aliphatic carbocycles. The summed E-state index contributed by atoms with van der Waals surface area (Å²) in [5.41, 5.74) is 2.44. The number of anilines is 1. The highest BCUT2D eigenvalue weighted by Crippen LogP contribution is 2.19.